The van der Waals surface area contributed by atoms with E-state index in [2.05, 4.69) is 5.32 Å². The van der Waals surface area contributed by atoms with Crippen LogP contribution in [0.4, 0.5) is 0 Å². The molecule has 0 saturated carbocycles. The van der Waals surface area contributed by atoms with Gasteiger partial charge >= 0.3 is 0 Å². The second-order valence-corrected chi connectivity index (χ2v) is 7.98. The third kappa shape index (κ3) is 5.67. The van der Waals surface area contributed by atoms with E-state index >= 15 is 0 Å². The van der Waals surface area contributed by atoms with Crippen LogP contribution >= 0.6 is 22.9 Å². The van der Waals surface area contributed by atoms with Gasteiger partial charge in [0.2, 0.25) is 5.91 Å². The summed E-state index contributed by atoms with van der Waals surface area (Å²) in [4.78, 5) is 17.0. The zero-order chi connectivity index (χ0) is 19.9. The predicted octanol–water partition coefficient (Wildman–Crippen LogP) is 4.86. The van der Waals surface area contributed by atoms with Crippen molar-refractivity contribution in [2.75, 3.05) is 13.2 Å². The number of rotatable bonds is 9. The van der Waals surface area contributed by atoms with E-state index in [1.807, 2.05) is 66.4 Å². The average Bonchev–Trinajstić information content (AvgIpc) is 3.31. The first-order chi connectivity index (χ1) is 13.5. The monoisotopic (exact) mass is 417 g/mol. The van der Waals surface area contributed by atoms with Crippen LogP contribution in [0.3, 0.4) is 0 Å². The first-order valence-electron chi connectivity index (χ1n) is 9.28. The van der Waals surface area contributed by atoms with E-state index in [1.165, 1.54) is 0 Å². The van der Waals surface area contributed by atoms with Gasteiger partial charge in [-0.15, -0.1) is 11.3 Å². The van der Waals surface area contributed by atoms with E-state index < -0.39 is 0 Å². The molecule has 0 spiro atoms. The summed E-state index contributed by atoms with van der Waals surface area (Å²) in [5.41, 5.74) is 2.86. The lowest BCUT2D eigenvalue weighted by atomic mass is 10.2. The minimum Gasteiger partial charge on any atom is -0.379 e. The van der Waals surface area contributed by atoms with E-state index in [0.29, 0.717) is 18.2 Å². The number of aromatic nitrogens is 2. The van der Waals surface area contributed by atoms with Gasteiger partial charge in [0, 0.05) is 35.3 Å². The van der Waals surface area contributed by atoms with Crippen molar-refractivity contribution in [3.63, 3.8) is 0 Å². The van der Waals surface area contributed by atoms with Gasteiger partial charge in [-0.05, 0) is 44.5 Å². The third-order valence-electron chi connectivity index (χ3n) is 4.10. The molecule has 3 aromatic rings. The van der Waals surface area contributed by atoms with Gasteiger partial charge in [-0.3, -0.25) is 4.79 Å². The van der Waals surface area contributed by atoms with Crippen LogP contribution in [-0.4, -0.2) is 34.7 Å². The maximum Gasteiger partial charge on any atom is 0.239 e. The molecule has 0 aliphatic heterocycles. The van der Waals surface area contributed by atoms with Crippen LogP contribution in [-0.2, 0) is 16.1 Å². The fraction of sp³-hybridized carbons (Fsp3) is 0.333. The van der Waals surface area contributed by atoms with Crippen molar-refractivity contribution >= 4 is 28.8 Å². The van der Waals surface area contributed by atoms with Gasteiger partial charge in [-0.2, -0.15) is 0 Å². The molecule has 2 heterocycles. The van der Waals surface area contributed by atoms with E-state index in [9.17, 15) is 4.79 Å². The Bertz CT molecular complexity index is 903. The summed E-state index contributed by atoms with van der Waals surface area (Å²) in [7, 11) is 0. The maximum atomic E-state index is 12.2. The lowest BCUT2D eigenvalue weighted by Crippen LogP contribution is -2.29. The number of amides is 1. The molecule has 0 atom stereocenters. The number of nitrogens with zero attached hydrogens (tertiary/aromatic N) is 2. The first-order valence-corrected chi connectivity index (χ1v) is 10.5. The van der Waals surface area contributed by atoms with Gasteiger partial charge in [-0.1, -0.05) is 23.7 Å². The highest BCUT2D eigenvalue weighted by atomic mass is 35.5. The molecule has 1 aromatic carbocycles. The molecule has 7 heteroatoms. The van der Waals surface area contributed by atoms with Crippen LogP contribution in [0.5, 0.6) is 0 Å². The fourth-order valence-corrected chi connectivity index (χ4v) is 3.72. The number of benzene rings is 1. The Morgan fingerprint density at radius 3 is 2.82 bits per heavy atom. The minimum absolute atomic E-state index is 0.0172. The highest BCUT2D eigenvalue weighted by Crippen LogP contribution is 2.29. The topological polar surface area (TPSA) is 56.1 Å². The summed E-state index contributed by atoms with van der Waals surface area (Å²) >= 11 is 7.52. The quantitative estimate of drug-likeness (QED) is 0.505. The van der Waals surface area contributed by atoms with Crippen molar-refractivity contribution in [1.82, 2.24) is 14.9 Å². The van der Waals surface area contributed by atoms with Gasteiger partial charge in [0.25, 0.3) is 0 Å². The van der Waals surface area contributed by atoms with Crippen LogP contribution in [0, 0.1) is 0 Å². The van der Waals surface area contributed by atoms with Gasteiger partial charge < -0.3 is 14.6 Å². The summed E-state index contributed by atoms with van der Waals surface area (Å²) in [5, 5.41) is 6.55. The molecular formula is C21H24ClN3O2S. The summed E-state index contributed by atoms with van der Waals surface area (Å²) in [5.74, 6) is -0.0172. The Hall–Kier alpha value is -2.15. The van der Waals surface area contributed by atoms with E-state index in [-0.39, 0.29) is 18.6 Å². The van der Waals surface area contributed by atoms with Gasteiger partial charge in [0.05, 0.1) is 17.5 Å². The number of halogens is 1. The Labute approximate surface area is 174 Å². The number of hydrogen-bond donors (Lipinski definition) is 1. The van der Waals surface area contributed by atoms with Crippen molar-refractivity contribution in [2.45, 2.75) is 32.9 Å². The lowest BCUT2D eigenvalue weighted by molar-refractivity contribution is -0.121. The SMILES string of the molecule is CC(C)OCCCNC(=O)Cn1cccc1-c1nc(-c2ccc(Cl)cc2)cs1. The van der Waals surface area contributed by atoms with E-state index in [4.69, 9.17) is 21.3 Å². The first kappa shape index (κ1) is 20.6. The largest absolute Gasteiger partial charge is 0.379 e. The van der Waals surface area contributed by atoms with Crippen LogP contribution in [0.2, 0.25) is 5.02 Å². The third-order valence-corrected chi connectivity index (χ3v) is 5.22. The summed E-state index contributed by atoms with van der Waals surface area (Å²) in [6.45, 7) is 5.54. The molecule has 0 aliphatic carbocycles. The molecule has 0 radical (unpaired) electrons. The van der Waals surface area contributed by atoms with Gasteiger partial charge in [0.1, 0.15) is 11.6 Å². The molecule has 1 N–H and O–H groups in total. The summed E-state index contributed by atoms with van der Waals surface area (Å²) in [6.07, 6.45) is 2.92. The molecule has 148 valence electrons. The van der Waals surface area contributed by atoms with Crippen molar-refractivity contribution in [2.24, 2.45) is 0 Å². The molecule has 0 bridgehead atoms. The average molecular weight is 418 g/mol. The Morgan fingerprint density at radius 1 is 1.29 bits per heavy atom. The normalized spacial score (nSPS) is 11.1. The van der Waals surface area contributed by atoms with Crippen LogP contribution in [0.25, 0.3) is 22.0 Å². The highest BCUT2D eigenvalue weighted by Gasteiger charge is 2.12. The fourth-order valence-electron chi connectivity index (χ4n) is 2.72. The number of hydrogen-bond acceptors (Lipinski definition) is 4. The highest BCUT2D eigenvalue weighted by molar-refractivity contribution is 7.13. The van der Waals surface area contributed by atoms with Crippen molar-refractivity contribution in [3.05, 3.63) is 53.0 Å². The number of carbonyl (C=O) groups is 1. The smallest absolute Gasteiger partial charge is 0.239 e. The summed E-state index contributed by atoms with van der Waals surface area (Å²) < 4.78 is 7.40. The molecule has 5 nitrogen and oxygen atoms in total. The Balaban J connectivity index is 1.59. The molecule has 0 unspecified atom stereocenters. The standard InChI is InChI=1S/C21H24ClN3O2S/c1-15(2)27-12-4-10-23-20(26)13-25-11-3-5-19(25)21-24-18(14-28-21)16-6-8-17(22)9-7-16/h3,5-9,11,14-15H,4,10,12-13H2,1-2H3,(H,23,26). The van der Waals surface area contributed by atoms with Crippen molar-refractivity contribution < 1.29 is 9.53 Å². The predicted molar refractivity (Wildman–Crippen MR) is 115 cm³/mol. The van der Waals surface area contributed by atoms with E-state index in [1.54, 1.807) is 11.3 Å². The van der Waals surface area contributed by atoms with Gasteiger partial charge in [0.15, 0.2) is 0 Å². The molecule has 2 aromatic heterocycles. The molecule has 28 heavy (non-hydrogen) atoms. The number of carbonyl (C=O) groups excluding carboxylic acids is 1. The van der Waals surface area contributed by atoms with Crippen LogP contribution in [0.15, 0.2) is 48.0 Å². The molecule has 0 saturated heterocycles. The molecular weight excluding hydrogens is 394 g/mol. The molecule has 3 rings (SSSR count). The minimum atomic E-state index is -0.0172. The number of nitrogens with one attached hydrogen (secondary N) is 1. The van der Waals surface area contributed by atoms with Gasteiger partial charge in [-0.25, -0.2) is 4.98 Å². The maximum absolute atomic E-state index is 12.2. The number of ether oxygens (including phenoxy) is 1. The zero-order valence-corrected chi connectivity index (χ0v) is 17.6. The molecule has 1 amide bonds. The second-order valence-electron chi connectivity index (χ2n) is 6.69. The van der Waals surface area contributed by atoms with Crippen LogP contribution < -0.4 is 5.32 Å². The van der Waals surface area contributed by atoms with Crippen LogP contribution in [0.1, 0.15) is 20.3 Å². The van der Waals surface area contributed by atoms with E-state index in [0.717, 1.165) is 28.4 Å². The Morgan fingerprint density at radius 2 is 2.07 bits per heavy atom. The number of thiazole rings is 1. The second kappa shape index (κ2) is 9.87. The lowest BCUT2D eigenvalue weighted by Gasteiger charge is -2.10. The summed E-state index contributed by atoms with van der Waals surface area (Å²) in [6, 6.07) is 11.5. The Kier molecular flexibility index (Phi) is 7.25. The van der Waals surface area contributed by atoms with Crippen molar-refractivity contribution in [3.8, 4) is 22.0 Å². The molecule has 0 fully saturated rings. The van der Waals surface area contributed by atoms with Crippen molar-refractivity contribution in [1.29, 1.82) is 0 Å². The molecule has 0 aliphatic rings. The zero-order valence-electron chi connectivity index (χ0n) is 16.0.